The molecule has 0 aromatic heterocycles. The highest BCUT2D eigenvalue weighted by Gasteiger charge is 2.14. The zero-order valence-electron chi connectivity index (χ0n) is 9.43. The van der Waals surface area contributed by atoms with Crippen LogP contribution in [0.1, 0.15) is 12.6 Å². The first-order valence-corrected chi connectivity index (χ1v) is 5.41. The summed E-state index contributed by atoms with van der Waals surface area (Å²) < 4.78 is 1.70. The van der Waals surface area contributed by atoms with E-state index in [1.807, 2.05) is 6.92 Å². The molecule has 6 nitrogen and oxygen atoms in total. The molecule has 90 valence electrons. The normalized spacial score (nSPS) is 10.9. The van der Waals surface area contributed by atoms with Gasteiger partial charge < -0.3 is 9.67 Å². The molecule has 0 spiro atoms. The van der Waals surface area contributed by atoms with Crippen LogP contribution in [0.4, 0.5) is 0 Å². The topological polar surface area (TPSA) is 88.0 Å². The number of fused-ring (bicyclic) bond motifs is 1. The lowest BCUT2D eigenvalue weighted by atomic mass is 10.2. The number of rotatable bonds is 3. The van der Waals surface area contributed by atoms with Crippen molar-refractivity contribution in [1.82, 2.24) is 14.5 Å². The smallest absolute Gasteiger partial charge is 0.349 e. The molecule has 0 bridgehead atoms. The largest absolute Gasteiger partial charge is 0.395 e. The summed E-state index contributed by atoms with van der Waals surface area (Å²) in [6.07, 6.45) is 0.735. The number of pyridine rings is 1. The lowest BCUT2D eigenvalue weighted by Crippen LogP contribution is -2.28. The van der Waals surface area contributed by atoms with E-state index >= 15 is 0 Å². The molecule has 2 aliphatic heterocycles. The van der Waals surface area contributed by atoms with E-state index < -0.39 is 11.2 Å². The van der Waals surface area contributed by atoms with Crippen LogP contribution in [-0.2, 0) is 13.0 Å². The minimum atomic E-state index is -0.664. The van der Waals surface area contributed by atoms with Gasteiger partial charge in [0.2, 0.25) is 0 Å². The molecular formula is C11H13N3O3. The Labute approximate surface area is 96.9 Å². The minimum Gasteiger partial charge on any atom is -0.395 e. The number of aromatic amines is 1. The van der Waals surface area contributed by atoms with Crippen LogP contribution in [0, 0.1) is 0 Å². The maximum atomic E-state index is 11.6. The Morgan fingerprint density at radius 1 is 1.41 bits per heavy atom. The zero-order valence-corrected chi connectivity index (χ0v) is 9.43. The van der Waals surface area contributed by atoms with E-state index in [1.165, 1.54) is 0 Å². The maximum Gasteiger partial charge on any atom is 0.349 e. The van der Waals surface area contributed by atoms with E-state index in [0.29, 0.717) is 17.9 Å². The van der Waals surface area contributed by atoms with Crippen molar-refractivity contribution in [3.05, 3.63) is 38.7 Å². The summed E-state index contributed by atoms with van der Waals surface area (Å²) in [6.45, 7) is 2.20. The van der Waals surface area contributed by atoms with Crippen LogP contribution < -0.4 is 11.2 Å². The molecule has 2 aliphatic rings. The van der Waals surface area contributed by atoms with Crippen LogP contribution in [0.25, 0.3) is 11.4 Å². The second-order valence-corrected chi connectivity index (χ2v) is 3.66. The van der Waals surface area contributed by atoms with Crippen LogP contribution in [0.5, 0.6) is 0 Å². The third-order valence-corrected chi connectivity index (χ3v) is 2.64. The molecule has 6 heteroatoms. The Balaban J connectivity index is 2.82. The lowest BCUT2D eigenvalue weighted by molar-refractivity contribution is 0.274. The van der Waals surface area contributed by atoms with Crippen LogP contribution >= 0.6 is 0 Å². The second kappa shape index (κ2) is 4.50. The molecule has 0 radical (unpaired) electrons. The third kappa shape index (κ3) is 1.99. The van der Waals surface area contributed by atoms with Crippen molar-refractivity contribution < 1.29 is 5.11 Å². The van der Waals surface area contributed by atoms with Gasteiger partial charge in [-0.05, 0) is 18.6 Å². The highest BCUT2D eigenvalue weighted by molar-refractivity contribution is 5.55. The zero-order chi connectivity index (χ0) is 12.4. The standard InChI is InChI=1S/C11H13N3O3/c1-2-7-3-4-8-9(14(7)5-6-15)12-11(17)13-10(8)16/h3-4,15H,2,5-6H2,1H3,(H,13,16,17). The summed E-state index contributed by atoms with van der Waals surface area (Å²) in [7, 11) is 0. The first kappa shape index (κ1) is 11.5. The molecule has 2 rings (SSSR count). The Hall–Kier alpha value is -1.95. The molecule has 0 saturated carbocycles. The Morgan fingerprint density at radius 2 is 2.18 bits per heavy atom. The Morgan fingerprint density at radius 3 is 2.82 bits per heavy atom. The predicted octanol–water partition coefficient (Wildman–Crippen LogP) is -0.409. The van der Waals surface area contributed by atoms with E-state index in [2.05, 4.69) is 9.97 Å². The molecule has 0 aromatic rings. The average Bonchev–Trinajstić information content (AvgIpc) is 2.30. The molecule has 17 heavy (non-hydrogen) atoms. The van der Waals surface area contributed by atoms with E-state index in [4.69, 9.17) is 5.11 Å². The summed E-state index contributed by atoms with van der Waals surface area (Å²) in [5.74, 6) is 0.326. The van der Waals surface area contributed by atoms with Crippen molar-refractivity contribution in [3.63, 3.8) is 0 Å². The number of hydrogen-bond acceptors (Lipinski definition) is 4. The first-order valence-electron chi connectivity index (χ1n) is 5.41. The van der Waals surface area contributed by atoms with Gasteiger partial charge in [0, 0.05) is 12.2 Å². The van der Waals surface area contributed by atoms with Gasteiger partial charge in [-0.3, -0.25) is 9.78 Å². The van der Waals surface area contributed by atoms with E-state index in [9.17, 15) is 9.59 Å². The molecule has 2 N–H and O–H groups in total. The van der Waals surface area contributed by atoms with Gasteiger partial charge in [0.05, 0.1) is 12.2 Å². The van der Waals surface area contributed by atoms with Gasteiger partial charge >= 0.3 is 5.69 Å². The lowest BCUT2D eigenvalue weighted by Gasteiger charge is -2.16. The molecular weight excluding hydrogens is 222 g/mol. The summed E-state index contributed by atoms with van der Waals surface area (Å²) in [4.78, 5) is 28.7. The Bertz CT molecular complexity index is 614. The average molecular weight is 235 g/mol. The fraction of sp³-hybridized carbons (Fsp3) is 0.364. The number of nitrogens with one attached hydrogen (secondary N) is 1. The minimum absolute atomic E-state index is 0.0700. The number of hydrogen-bond donors (Lipinski definition) is 2. The second-order valence-electron chi connectivity index (χ2n) is 3.66. The van der Waals surface area contributed by atoms with Crippen molar-refractivity contribution in [1.29, 1.82) is 0 Å². The maximum absolute atomic E-state index is 11.6. The summed E-state index contributed by atoms with van der Waals surface area (Å²) in [5, 5.41) is 9.03. The molecule has 0 aromatic carbocycles. The Kier molecular flexibility index (Phi) is 3.06. The fourth-order valence-corrected chi connectivity index (χ4v) is 1.87. The van der Waals surface area contributed by atoms with Gasteiger partial charge in [0.1, 0.15) is 0 Å². The molecule has 0 fully saturated rings. The van der Waals surface area contributed by atoms with Gasteiger partial charge in [-0.2, -0.15) is 4.98 Å². The van der Waals surface area contributed by atoms with Crippen LogP contribution in [0.15, 0.2) is 21.7 Å². The van der Waals surface area contributed by atoms with Gasteiger partial charge in [0.25, 0.3) is 5.56 Å². The van der Waals surface area contributed by atoms with E-state index in [-0.39, 0.29) is 6.61 Å². The summed E-state index contributed by atoms with van der Waals surface area (Å²) in [5.41, 5.74) is 0.163. The SMILES string of the molecule is CCc1ccc2c(=O)[nH]c(=O)nc-2n1CCO. The van der Waals surface area contributed by atoms with Crippen LogP contribution in [0.2, 0.25) is 0 Å². The van der Waals surface area contributed by atoms with Crippen molar-refractivity contribution in [2.45, 2.75) is 19.9 Å². The monoisotopic (exact) mass is 235 g/mol. The van der Waals surface area contributed by atoms with Gasteiger partial charge in [0.15, 0.2) is 5.82 Å². The predicted molar refractivity (Wildman–Crippen MR) is 62.2 cm³/mol. The number of aryl methyl sites for hydroxylation is 1. The molecule has 0 unspecified atom stereocenters. The van der Waals surface area contributed by atoms with E-state index in [0.717, 1.165) is 12.1 Å². The molecule has 0 saturated heterocycles. The third-order valence-electron chi connectivity index (χ3n) is 2.64. The number of aromatic nitrogens is 3. The van der Waals surface area contributed by atoms with Crippen molar-refractivity contribution in [2.75, 3.05) is 6.61 Å². The van der Waals surface area contributed by atoms with Crippen molar-refractivity contribution in [3.8, 4) is 11.4 Å². The summed E-state index contributed by atoms with van der Waals surface area (Å²) in [6, 6.07) is 3.45. The first-order chi connectivity index (χ1) is 8.17. The van der Waals surface area contributed by atoms with Gasteiger partial charge in [-0.15, -0.1) is 0 Å². The van der Waals surface area contributed by atoms with Crippen LogP contribution in [-0.4, -0.2) is 26.2 Å². The fourth-order valence-electron chi connectivity index (χ4n) is 1.87. The quantitative estimate of drug-likeness (QED) is 0.757. The van der Waals surface area contributed by atoms with Gasteiger partial charge in [-0.25, -0.2) is 4.79 Å². The molecule has 0 amide bonds. The molecule has 0 aliphatic carbocycles. The van der Waals surface area contributed by atoms with Crippen molar-refractivity contribution in [2.24, 2.45) is 0 Å². The number of aliphatic hydroxyl groups is 1. The van der Waals surface area contributed by atoms with Crippen molar-refractivity contribution >= 4 is 0 Å². The summed E-state index contributed by atoms with van der Waals surface area (Å²) >= 11 is 0. The number of nitrogens with zero attached hydrogens (tertiary/aromatic N) is 2. The molecule has 0 atom stereocenters. The highest BCUT2D eigenvalue weighted by atomic mass is 16.3. The van der Waals surface area contributed by atoms with Crippen LogP contribution in [0.3, 0.4) is 0 Å². The highest BCUT2D eigenvalue weighted by Crippen LogP contribution is 2.16. The molecule has 2 heterocycles. The van der Waals surface area contributed by atoms with Gasteiger partial charge in [-0.1, -0.05) is 6.92 Å². The number of aliphatic hydroxyl groups excluding tert-OH is 1. The van der Waals surface area contributed by atoms with E-state index in [1.54, 1.807) is 16.7 Å². The number of H-pyrrole nitrogens is 1.